The molecule has 0 fully saturated rings. The Morgan fingerprint density at radius 1 is 0.700 bits per heavy atom. The zero-order chi connectivity index (χ0) is 20.4. The van der Waals surface area contributed by atoms with E-state index in [2.05, 4.69) is 108 Å². The SMILES string of the molecule is CC(C)(c1cccc(-c2[c-]ccc(I)c2)n1)c1cccc(-c2[c-]ccc(I)c2)n1.[Pt+2]. The number of halogens is 2. The summed E-state index contributed by atoms with van der Waals surface area (Å²) in [4.78, 5) is 9.93. The van der Waals surface area contributed by atoms with Gasteiger partial charge in [-0.15, -0.1) is 59.7 Å². The third-order valence-electron chi connectivity index (χ3n) is 4.86. The fraction of sp³-hybridized carbons (Fsp3) is 0.120. The van der Waals surface area contributed by atoms with Gasteiger partial charge in [0, 0.05) is 16.8 Å². The van der Waals surface area contributed by atoms with Crippen molar-refractivity contribution in [3.8, 4) is 22.5 Å². The van der Waals surface area contributed by atoms with Crippen LogP contribution >= 0.6 is 45.2 Å². The Kier molecular flexibility index (Phi) is 7.85. The zero-order valence-electron chi connectivity index (χ0n) is 16.4. The van der Waals surface area contributed by atoms with E-state index in [4.69, 9.17) is 9.97 Å². The number of benzene rings is 2. The van der Waals surface area contributed by atoms with Gasteiger partial charge < -0.3 is 9.97 Å². The quantitative estimate of drug-likeness (QED) is 0.165. The fourth-order valence-electron chi connectivity index (χ4n) is 3.17. The van der Waals surface area contributed by atoms with Gasteiger partial charge in [-0.2, -0.15) is 0 Å². The second-order valence-corrected chi connectivity index (χ2v) is 9.77. The molecule has 0 aliphatic carbocycles. The molecular weight excluding hydrogens is 777 g/mol. The minimum atomic E-state index is -0.337. The van der Waals surface area contributed by atoms with E-state index in [9.17, 15) is 0 Å². The van der Waals surface area contributed by atoms with E-state index < -0.39 is 0 Å². The van der Waals surface area contributed by atoms with E-state index in [0.29, 0.717) is 0 Å². The normalized spacial score (nSPS) is 11.1. The number of nitrogens with zero attached hydrogens (tertiary/aromatic N) is 2. The van der Waals surface area contributed by atoms with Gasteiger partial charge in [0.25, 0.3) is 0 Å². The molecule has 2 heterocycles. The molecule has 0 unspecified atom stereocenters. The molecule has 2 nitrogen and oxygen atoms in total. The van der Waals surface area contributed by atoms with Crippen LogP contribution < -0.4 is 0 Å². The Morgan fingerprint density at radius 3 is 1.53 bits per heavy atom. The predicted molar refractivity (Wildman–Crippen MR) is 135 cm³/mol. The molecule has 0 atom stereocenters. The third kappa shape index (κ3) is 5.20. The Bertz CT molecular complexity index is 1080. The molecule has 4 rings (SSSR count). The summed E-state index contributed by atoms with van der Waals surface area (Å²) < 4.78 is 2.34. The molecule has 4 aromatic rings. The Labute approximate surface area is 219 Å². The number of pyridine rings is 2. The summed E-state index contributed by atoms with van der Waals surface area (Å²) in [5, 5.41) is 0. The summed E-state index contributed by atoms with van der Waals surface area (Å²) >= 11 is 4.63. The van der Waals surface area contributed by atoms with E-state index in [1.165, 1.54) is 7.14 Å². The van der Waals surface area contributed by atoms with Crippen molar-refractivity contribution >= 4 is 45.2 Å². The standard InChI is InChI=1S/C25H18I2N2.Pt/c1-25(2,23-13-5-11-21(28-23)17-7-3-9-19(26)15-17)24-14-6-12-22(29-24)18-8-4-10-20(27)16-18;/h3-6,9-16H,1-2H3;/q-2;+2. The van der Waals surface area contributed by atoms with Crippen LogP contribution in [0.3, 0.4) is 0 Å². The molecule has 0 saturated carbocycles. The van der Waals surface area contributed by atoms with Crippen molar-refractivity contribution in [2.24, 2.45) is 0 Å². The summed E-state index contributed by atoms with van der Waals surface area (Å²) in [6, 6.07) is 31.1. The van der Waals surface area contributed by atoms with Crippen LogP contribution in [-0.4, -0.2) is 9.97 Å². The molecule has 0 spiro atoms. The van der Waals surface area contributed by atoms with E-state index in [0.717, 1.165) is 33.9 Å². The van der Waals surface area contributed by atoms with Crippen LogP contribution in [-0.2, 0) is 26.5 Å². The van der Waals surface area contributed by atoms with E-state index in [1.807, 2.05) is 36.4 Å². The topological polar surface area (TPSA) is 25.8 Å². The average Bonchev–Trinajstić information content (AvgIpc) is 2.74. The summed E-state index contributed by atoms with van der Waals surface area (Å²) in [6.45, 7) is 4.34. The van der Waals surface area contributed by atoms with Crippen LogP contribution in [0.25, 0.3) is 22.5 Å². The number of rotatable bonds is 4. The van der Waals surface area contributed by atoms with Gasteiger partial charge in [-0.1, -0.05) is 76.6 Å². The van der Waals surface area contributed by atoms with Gasteiger partial charge in [-0.05, 0) is 37.4 Å². The Balaban J connectivity index is 0.00000256. The molecule has 2 aromatic carbocycles. The molecule has 0 N–H and O–H groups in total. The Hall–Kier alpha value is -1.11. The largest absolute Gasteiger partial charge is 2.00 e. The maximum atomic E-state index is 4.97. The van der Waals surface area contributed by atoms with Gasteiger partial charge >= 0.3 is 21.1 Å². The molecule has 152 valence electrons. The van der Waals surface area contributed by atoms with Gasteiger partial charge in [0.15, 0.2) is 0 Å². The summed E-state index contributed by atoms with van der Waals surface area (Å²) in [5.74, 6) is 0. The summed E-state index contributed by atoms with van der Waals surface area (Å²) in [5.41, 5.74) is 5.49. The van der Waals surface area contributed by atoms with E-state index in [-0.39, 0.29) is 26.5 Å². The van der Waals surface area contributed by atoms with Crippen molar-refractivity contribution in [1.29, 1.82) is 0 Å². The predicted octanol–water partition coefficient (Wildman–Crippen LogP) is 6.94. The van der Waals surface area contributed by atoms with Gasteiger partial charge in [0.2, 0.25) is 0 Å². The molecule has 30 heavy (non-hydrogen) atoms. The molecule has 5 heteroatoms. The molecule has 0 amide bonds. The van der Waals surface area contributed by atoms with Crippen molar-refractivity contribution in [2.45, 2.75) is 19.3 Å². The Morgan fingerprint density at radius 2 is 1.13 bits per heavy atom. The smallest absolute Gasteiger partial charge is 0.300 e. The second-order valence-electron chi connectivity index (χ2n) is 7.28. The maximum absolute atomic E-state index is 4.97. The first-order valence-corrected chi connectivity index (χ1v) is 11.4. The van der Waals surface area contributed by atoms with E-state index >= 15 is 0 Å². The first kappa shape index (κ1) is 23.5. The van der Waals surface area contributed by atoms with E-state index in [1.54, 1.807) is 0 Å². The summed E-state index contributed by atoms with van der Waals surface area (Å²) in [7, 11) is 0. The van der Waals surface area contributed by atoms with Gasteiger partial charge in [0.1, 0.15) is 0 Å². The minimum Gasteiger partial charge on any atom is -0.300 e. The summed E-state index contributed by atoms with van der Waals surface area (Å²) in [6.07, 6.45) is 0. The van der Waals surface area contributed by atoms with Crippen molar-refractivity contribution in [3.63, 3.8) is 0 Å². The van der Waals surface area contributed by atoms with Crippen LogP contribution in [0.5, 0.6) is 0 Å². The average molecular weight is 795 g/mol. The first-order valence-electron chi connectivity index (χ1n) is 9.24. The number of hydrogen-bond donors (Lipinski definition) is 0. The van der Waals surface area contributed by atoms with Crippen LogP contribution in [0.1, 0.15) is 25.2 Å². The molecule has 0 aliphatic rings. The molecule has 0 radical (unpaired) electrons. The van der Waals surface area contributed by atoms with Gasteiger partial charge in [0.05, 0.1) is 0 Å². The van der Waals surface area contributed by atoms with Crippen molar-refractivity contribution in [1.82, 2.24) is 9.97 Å². The van der Waals surface area contributed by atoms with Crippen LogP contribution in [0.4, 0.5) is 0 Å². The number of hydrogen-bond acceptors (Lipinski definition) is 2. The first-order chi connectivity index (χ1) is 13.9. The van der Waals surface area contributed by atoms with Crippen LogP contribution in [0, 0.1) is 19.3 Å². The maximum Gasteiger partial charge on any atom is 2.00 e. The van der Waals surface area contributed by atoms with Gasteiger partial charge in [-0.3, -0.25) is 0 Å². The van der Waals surface area contributed by atoms with Crippen LogP contribution in [0.2, 0.25) is 0 Å². The fourth-order valence-corrected chi connectivity index (χ4v) is 4.15. The molecule has 0 aliphatic heterocycles. The zero-order valence-corrected chi connectivity index (χ0v) is 23.0. The molecular formula is C25H18I2N2Pt. The van der Waals surface area contributed by atoms with Crippen molar-refractivity contribution < 1.29 is 21.1 Å². The van der Waals surface area contributed by atoms with Crippen molar-refractivity contribution in [2.75, 3.05) is 0 Å². The molecule has 0 saturated heterocycles. The third-order valence-corrected chi connectivity index (χ3v) is 6.20. The van der Waals surface area contributed by atoms with Gasteiger partial charge in [-0.25, -0.2) is 0 Å². The van der Waals surface area contributed by atoms with Crippen molar-refractivity contribution in [3.05, 3.63) is 103 Å². The molecule has 0 bridgehead atoms. The monoisotopic (exact) mass is 795 g/mol. The van der Waals surface area contributed by atoms with Crippen LogP contribution in [0.15, 0.2) is 72.8 Å². The minimum absolute atomic E-state index is 0. The number of aromatic nitrogens is 2. The second kappa shape index (κ2) is 10.0. The molecule has 2 aromatic heterocycles.